The highest BCUT2D eigenvalue weighted by Gasteiger charge is 2.34. The highest BCUT2D eigenvalue weighted by Crippen LogP contribution is 2.33. The van der Waals surface area contributed by atoms with Crippen molar-refractivity contribution in [1.29, 1.82) is 0 Å². The average molecular weight is 305 g/mol. The number of carbonyl (C=O) groups excluding carboxylic acids is 1. The summed E-state index contributed by atoms with van der Waals surface area (Å²) in [5.74, 6) is 0.0832. The molecule has 1 aromatic carbocycles. The molecule has 1 saturated heterocycles. The lowest BCUT2D eigenvalue weighted by atomic mass is 9.82. The van der Waals surface area contributed by atoms with Crippen molar-refractivity contribution in [2.24, 2.45) is 0 Å². The van der Waals surface area contributed by atoms with Crippen LogP contribution in [0.4, 0.5) is 4.79 Å². The summed E-state index contributed by atoms with van der Waals surface area (Å²) in [6.07, 6.45) is -0.140. The second kappa shape index (κ2) is 6.29. The molecule has 1 aliphatic rings. The number of amides is 1. The first-order valence-corrected chi connectivity index (χ1v) is 7.91. The Labute approximate surface area is 133 Å². The fourth-order valence-electron chi connectivity index (χ4n) is 3.17. The third kappa shape index (κ3) is 3.80. The first kappa shape index (κ1) is 16.8. The van der Waals surface area contributed by atoms with Crippen molar-refractivity contribution in [3.05, 3.63) is 34.9 Å². The van der Waals surface area contributed by atoms with Gasteiger partial charge >= 0.3 is 6.09 Å². The van der Waals surface area contributed by atoms with E-state index in [1.54, 1.807) is 4.90 Å². The maximum Gasteiger partial charge on any atom is 0.410 e. The van der Waals surface area contributed by atoms with Gasteiger partial charge in [0.2, 0.25) is 0 Å². The molecule has 4 heteroatoms. The zero-order chi connectivity index (χ0) is 16.5. The Balaban J connectivity index is 2.09. The minimum Gasteiger partial charge on any atom is -0.444 e. The lowest BCUT2D eigenvalue weighted by Crippen LogP contribution is -2.47. The van der Waals surface area contributed by atoms with Crippen LogP contribution in [0, 0.1) is 13.8 Å². The van der Waals surface area contributed by atoms with Crippen LogP contribution in [0.2, 0.25) is 0 Å². The molecule has 1 aliphatic heterocycles. The highest BCUT2D eigenvalue weighted by molar-refractivity contribution is 5.68. The van der Waals surface area contributed by atoms with Crippen LogP contribution in [0.1, 0.15) is 49.8 Å². The van der Waals surface area contributed by atoms with Crippen molar-refractivity contribution in [3.8, 4) is 0 Å². The van der Waals surface area contributed by atoms with Crippen molar-refractivity contribution in [1.82, 2.24) is 4.90 Å². The van der Waals surface area contributed by atoms with Crippen LogP contribution in [0.25, 0.3) is 0 Å². The normalized spacial score (nSPS) is 22.5. The van der Waals surface area contributed by atoms with E-state index >= 15 is 0 Å². The van der Waals surface area contributed by atoms with Gasteiger partial charge in [-0.15, -0.1) is 0 Å². The van der Waals surface area contributed by atoms with E-state index < -0.39 is 11.7 Å². The predicted molar refractivity (Wildman–Crippen MR) is 87.1 cm³/mol. The van der Waals surface area contributed by atoms with Crippen molar-refractivity contribution in [2.75, 3.05) is 13.1 Å². The summed E-state index contributed by atoms with van der Waals surface area (Å²) in [5.41, 5.74) is 3.12. The zero-order valence-electron chi connectivity index (χ0n) is 14.2. The van der Waals surface area contributed by atoms with Crippen molar-refractivity contribution < 1.29 is 14.6 Å². The number of likely N-dealkylation sites (tertiary alicyclic amines) is 1. The first-order valence-electron chi connectivity index (χ1n) is 7.91. The molecule has 0 spiro atoms. The number of β-amino-alcohol motifs (C(OH)–C–C–N with tert-alkyl or cyclic N) is 1. The third-order valence-electron chi connectivity index (χ3n) is 4.15. The van der Waals surface area contributed by atoms with Gasteiger partial charge in [0, 0.05) is 12.5 Å². The Kier molecular flexibility index (Phi) is 4.81. The Morgan fingerprint density at radius 2 is 1.86 bits per heavy atom. The smallest absolute Gasteiger partial charge is 0.410 e. The summed E-state index contributed by atoms with van der Waals surface area (Å²) in [6.45, 7) is 10.7. The van der Waals surface area contributed by atoms with Gasteiger partial charge in [0.1, 0.15) is 5.60 Å². The Hall–Kier alpha value is -1.55. The molecule has 1 amide bonds. The number of rotatable bonds is 1. The van der Waals surface area contributed by atoms with Crippen LogP contribution in [-0.2, 0) is 4.74 Å². The van der Waals surface area contributed by atoms with E-state index in [-0.39, 0.29) is 12.0 Å². The number of hydrogen-bond donors (Lipinski definition) is 1. The van der Waals surface area contributed by atoms with Gasteiger partial charge in [-0.3, -0.25) is 0 Å². The van der Waals surface area contributed by atoms with Crippen molar-refractivity contribution >= 4 is 6.09 Å². The molecule has 22 heavy (non-hydrogen) atoms. The largest absolute Gasteiger partial charge is 0.444 e. The number of benzene rings is 1. The maximum absolute atomic E-state index is 12.1. The SMILES string of the molecule is Cc1cccc(C)c1[C@@H]1CCN(C(=O)OC(C)(C)C)C[C@H]1O. The fraction of sp³-hybridized carbons (Fsp3) is 0.611. The molecule has 1 fully saturated rings. The highest BCUT2D eigenvalue weighted by atomic mass is 16.6. The van der Waals surface area contributed by atoms with Crippen LogP contribution in [0.3, 0.4) is 0 Å². The van der Waals surface area contributed by atoms with Crippen LogP contribution in [0.15, 0.2) is 18.2 Å². The van der Waals surface area contributed by atoms with Gasteiger partial charge in [-0.1, -0.05) is 18.2 Å². The van der Waals surface area contributed by atoms with E-state index in [9.17, 15) is 9.90 Å². The number of hydrogen-bond acceptors (Lipinski definition) is 3. The van der Waals surface area contributed by atoms with E-state index in [4.69, 9.17) is 4.74 Å². The number of carbonyl (C=O) groups is 1. The summed E-state index contributed by atoms with van der Waals surface area (Å²) >= 11 is 0. The molecule has 122 valence electrons. The molecule has 2 atom stereocenters. The van der Waals surface area contributed by atoms with Gasteiger partial charge in [0.25, 0.3) is 0 Å². The molecular formula is C18H27NO3. The second-order valence-corrected chi connectivity index (χ2v) is 7.19. The molecule has 1 N–H and O–H groups in total. The number of ether oxygens (including phenoxy) is 1. The number of aliphatic hydroxyl groups excluding tert-OH is 1. The summed E-state index contributed by atoms with van der Waals surface area (Å²) in [5, 5.41) is 10.5. The minimum atomic E-state index is -0.555. The third-order valence-corrected chi connectivity index (χ3v) is 4.15. The average Bonchev–Trinajstić information content (AvgIpc) is 2.38. The van der Waals surface area contributed by atoms with Gasteiger partial charge in [-0.05, 0) is 57.7 Å². The summed E-state index contributed by atoms with van der Waals surface area (Å²) in [4.78, 5) is 13.7. The Morgan fingerprint density at radius 1 is 1.27 bits per heavy atom. The first-order chi connectivity index (χ1) is 10.2. The molecule has 1 heterocycles. The van der Waals surface area contributed by atoms with Crippen molar-refractivity contribution in [3.63, 3.8) is 0 Å². The number of piperidine rings is 1. The summed E-state index contributed by atoms with van der Waals surface area (Å²) < 4.78 is 5.39. The van der Waals surface area contributed by atoms with Gasteiger partial charge in [0.05, 0.1) is 12.6 Å². The van der Waals surface area contributed by atoms with Crippen LogP contribution in [0.5, 0.6) is 0 Å². The van der Waals surface area contributed by atoms with Gasteiger partial charge in [-0.2, -0.15) is 0 Å². The summed E-state index contributed by atoms with van der Waals surface area (Å²) in [7, 11) is 0. The monoisotopic (exact) mass is 305 g/mol. The van der Waals surface area contributed by atoms with Crippen molar-refractivity contribution in [2.45, 2.75) is 58.7 Å². The summed E-state index contributed by atoms with van der Waals surface area (Å²) in [6, 6.07) is 6.20. The molecule has 0 aliphatic carbocycles. The molecular weight excluding hydrogens is 278 g/mol. The molecule has 4 nitrogen and oxygen atoms in total. The molecule has 0 aromatic heterocycles. The van der Waals surface area contributed by atoms with Crippen LogP contribution in [-0.4, -0.2) is 40.9 Å². The van der Waals surface area contributed by atoms with E-state index in [0.717, 1.165) is 6.42 Å². The molecule has 0 radical (unpaired) electrons. The maximum atomic E-state index is 12.1. The van der Waals surface area contributed by atoms with Gasteiger partial charge in [0.15, 0.2) is 0 Å². The molecule has 0 unspecified atom stereocenters. The Bertz CT molecular complexity index is 528. The number of aryl methyl sites for hydroxylation is 2. The van der Waals surface area contributed by atoms with E-state index in [1.807, 2.05) is 26.8 Å². The van der Waals surface area contributed by atoms with E-state index in [1.165, 1.54) is 16.7 Å². The lowest BCUT2D eigenvalue weighted by Gasteiger charge is -2.37. The van der Waals surface area contributed by atoms with E-state index in [0.29, 0.717) is 13.1 Å². The molecule has 0 bridgehead atoms. The molecule has 1 aromatic rings. The standard InChI is InChI=1S/C18H27NO3/c1-12-7-6-8-13(2)16(12)14-9-10-19(11-15(14)20)17(21)22-18(3,4)5/h6-8,14-15,20H,9-11H2,1-5H3/t14-,15-/m1/s1. The Morgan fingerprint density at radius 3 is 2.36 bits per heavy atom. The van der Waals surface area contributed by atoms with Crippen LogP contribution < -0.4 is 0 Å². The molecule has 0 saturated carbocycles. The fourth-order valence-corrected chi connectivity index (χ4v) is 3.17. The zero-order valence-corrected chi connectivity index (χ0v) is 14.2. The minimum absolute atomic E-state index is 0.0832. The quantitative estimate of drug-likeness (QED) is 0.865. The second-order valence-electron chi connectivity index (χ2n) is 7.19. The lowest BCUT2D eigenvalue weighted by molar-refractivity contribution is -0.00161. The number of nitrogens with zero attached hydrogens (tertiary/aromatic N) is 1. The van der Waals surface area contributed by atoms with E-state index in [2.05, 4.69) is 26.0 Å². The topological polar surface area (TPSA) is 49.8 Å². The van der Waals surface area contributed by atoms with Gasteiger partial charge < -0.3 is 14.7 Å². The van der Waals surface area contributed by atoms with Gasteiger partial charge in [-0.25, -0.2) is 4.79 Å². The predicted octanol–water partition coefficient (Wildman–Crippen LogP) is 3.39. The van der Waals surface area contributed by atoms with Crippen LogP contribution >= 0.6 is 0 Å². The molecule has 2 rings (SSSR count). The number of aliphatic hydroxyl groups is 1.